The van der Waals surface area contributed by atoms with Gasteiger partial charge in [-0.05, 0) is 44.0 Å². The van der Waals surface area contributed by atoms with Crippen LogP contribution in [0.2, 0.25) is 0 Å². The number of halogens is 1. The molecule has 0 bridgehead atoms. The van der Waals surface area contributed by atoms with Gasteiger partial charge in [0.25, 0.3) is 0 Å². The highest BCUT2D eigenvalue weighted by atomic mass is 79.9. The van der Waals surface area contributed by atoms with Crippen molar-refractivity contribution in [3.63, 3.8) is 0 Å². The maximum absolute atomic E-state index is 9.82. The van der Waals surface area contributed by atoms with E-state index in [9.17, 15) is 5.11 Å². The van der Waals surface area contributed by atoms with E-state index in [1.54, 1.807) is 0 Å². The summed E-state index contributed by atoms with van der Waals surface area (Å²) in [7, 11) is 2.02. The molecule has 1 aromatic rings. The minimum Gasteiger partial charge on any atom is -0.492 e. The van der Waals surface area contributed by atoms with Crippen LogP contribution in [-0.2, 0) is 0 Å². The largest absolute Gasteiger partial charge is 0.492 e. The average molecular weight is 314 g/mol. The second-order valence-corrected chi connectivity index (χ2v) is 5.89. The summed E-state index contributed by atoms with van der Waals surface area (Å²) in [5.41, 5.74) is 0. The Hall–Kier alpha value is -0.580. The third-order valence-corrected chi connectivity index (χ3v) is 3.70. The number of rotatable bonds is 7. The Morgan fingerprint density at radius 3 is 2.94 bits per heavy atom. The number of nitrogens with zero attached hydrogens (tertiary/aromatic N) is 1. The van der Waals surface area contributed by atoms with Gasteiger partial charge in [-0.25, -0.2) is 0 Å². The van der Waals surface area contributed by atoms with Gasteiger partial charge in [0.05, 0.1) is 6.10 Å². The number of aliphatic hydroxyl groups is 1. The zero-order chi connectivity index (χ0) is 13.0. The van der Waals surface area contributed by atoms with E-state index in [1.165, 1.54) is 12.8 Å². The van der Waals surface area contributed by atoms with E-state index in [2.05, 4.69) is 20.8 Å². The summed E-state index contributed by atoms with van der Waals surface area (Å²) >= 11 is 3.42. The van der Waals surface area contributed by atoms with E-state index in [0.717, 1.165) is 23.3 Å². The summed E-state index contributed by atoms with van der Waals surface area (Å²) < 4.78 is 6.69. The van der Waals surface area contributed by atoms with Crippen LogP contribution in [0.1, 0.15) is 12.8 Å². The number of aliphatic hydroxyl groups excluding tert-OH is 1. The molecule has 1 saturated carbocycles. The van der Waals surface area contributed by atoms with Crippen LogP contribution in [-0.4, -0.2) is 42.9 Å². The molecule has 0 spiro atoms. The molecular weight excluding hydrogens is 294 g/mol. The van der Waals surface area contributed by atoms with Crippen molar-refractivity contribution >= 4 is 15.9 Å². The van der Waals surface area contributed by atoms with Gasteiger partial charge in [-0.3, -0.25) is 0 Å². The second kappa shape index (κ2) is 6.55. The molecule has 1 unspecified atom stereocenters. The van der Waals surface area contributed by atoms with Gasteiger partial charge in [-0.1, -0.05) is 22.0 Å². The van der Waals surface area contributed by atoms with Crippen LogP contribution in [0.5, 0.6) is 5.75 Å². The van der Waals surface area contributed by atoms with Crippen molar-refractivity contribution in [3.8, 4) is 5.75 Å². The molecular formula is C14H20BrNO2. The fraction of sp³-hybridized carbons (Fsp3) is 0.571. The molecule has 1 aliphatic rings. The Labute approximate surface area is 117 Å². The van der Waals surface area contributed by atoms with E-state index in [1.807, 2.05) is 31.3 Å². The summed E-state index contributed by atoms with van der Waals surface area (Å²) in [5, 5.41) is 9.82. The number of benzene rings is 1. The quantitative estimate of drug-likeness (QED) is 0.839. The molecule has 1 aromatic carbocycles. The van der Waals surface area contributed by atoms with Gasteiger partial charge in [0, 0.05) is 17.6 Å². The van der Waals surface area contributed by atoms with Crippen molar-refractivity contribution in [3.05, 3.63) is 28.7 Å². The lowest BCUT2D eigenvalue weighted by molar-refractivity contribution is 0.0998. The van der Waals surface area contributed by atoms with Gasteiger partial charge in [-0.15, -0.1) is 0 Å². The molecule has 4 heteroatoms. The van der Waals surface area contributed by atoms with E-state index in [4.69, 9.17) is 4.74 Å². The minimum atomic E-state index is -0.166. The number of hydrogen-bond donors (Lipinski definition) is 1. The Bertz CT molecular complexity index is 382. The van der Waals surface area contributed by atoms with Crippen LogP contribution in [0.15, 0.2) is 28.7 Å². The fourth-order valence-corrected chi connectivity index (χ4v) is 2.30. The lowest BCUT2D eigenvalue weighted by atomic mass is 10.2. The van der Waals surface area contributed by atoms with Crippen LogP contribution in [0.4, 0.5) is 0 Å². The van der Waals surface area contributed by atoms with Gasteiger partial charge >= 0.3 is 0 Å². The SMILES string of the molecule is CN(CCOc1cccc(Br)c1)CC(O)C1CC1. The van der Waals surface area contributed by atoms with Crippen LogP contribution >= 0.6 is 15.9 Å². The molecule has 0 aromatic heterocycles. The first kappa shape index (κ1) is 13.8. The average Bonchev–Trinajstić information content (AvgIpc) is 3.12. The van der Waals surface area contributed by atoms with Gasteiger partial charge < -0.3 is 14.7 Å². The third-order valence-electron chi connectivity index (χ3n) is 3.20. The molecule has 0 heterocycles. The smallest absolute Gasteiger partial charge is 0.120 e. The number of ether oxygens (including phenoxy) is 1. The standard InChI is InChI=1S/C14H20BrNO2/c1-16(10-14(17)11-5-6-11)7-8-18-13-4-2-3-12(15)9-13/h2-4,9,11,14,17H,5-8,10H2,1H3. The highest BCUT2D eigenvalue weighted by Crippen LogP contribution is 2.32. The lowest BCUT2D eigenvalue weighted by Crippen LogP contribution is -2.33. The van der Waals surface area contributed by atoms with Crippen LogP contribution < -0.4 is 4.74 Å². The Morgan fingerprint density at radius 1 is 1.50 bits per heavy atom. The van der Waals surface area contributed by atoms with Gasteiger partial charge in [0.1, 0.15) is 12.4 Å². The van der Waals surface area contributed by atoms with E-state index in [-0.39, 0.29) is 6.10 Å². The van der Waals surface area contributed by atoms with Crippen molar-refractivity contribution in [1.29, 1.82) is 0 Å². The van der Waals surface area contributed by atoms with Crippen molar-refractivity contribution in [1.82, 2.24) is 4.90 Å². The molecule has 0 saturated heterocycles. The van der Waals surface area contributed by atoms with Crippen LogP contribution in [0, 0.1) is 5.92 Å². The number of likely N-dealkylation sites (N-methyl/N-ethyl adjacent to an activating group) is 1. The summed E-state index contributed by atoms with van der Waals surface area (Å²) in [6.07, 6.45) is 2.20. The van der Waals surface area contributed by atoms with Gasteiger partial charge in [-0.2, -0.15) is 0 Å². The zero-order valence-corrected chi connectivity index (χ0v) is 12.3. The fourth-order valence-electron chi connectivity index (χ4n) is 1.92. The minimum absolute atomic E-state index is 0.166. The molecule has 0 radical (unpaired) electrons. The Kier molecular flexibility index (Phi) is 5.03. The molecule has 1 aliphatic carbocycles. The molecule has 100 valence electrons. The number of hydrogen-bond acceptors (Lipinski definition) is 3. The highest BCUT2D eigenvalue weighted by Gasteiger charge is 2.30. The maximum Gasteiger partial charge on any atom is 0.120 e. The second-order valence-electron chi connectivity index (χ2n) is 4.97. The van der Waals surface area contributed by atoms with E-state index >= 15 is 0 Å². The van der Waals surface area contributed by atoms with Crippen LogP contribution in [0.3, 0.4) is 0 Å². The maximum atomic E-state index is 9.82. The Morgan fingerprint density at radius 2 is 2.28 bits per heavy atom. The first-order valence-electron chi connectivity index (χ1n) is 6.40. The van der Waals surface area contributed by atoms with Gasteiger partial charge in [0.15, 0.2) is 0 Å². The van der Waals surface area contributed by atoms with Crippen molar-refractivity contribution in [2.45, 2.75) is 18.9 Å². The van der Waals surface area contributed by atoms with Crippen molar-refractivity contribution < 1.29 is 9.84 Å². The molecule has 2 rings (SSSR count). The molecule has 1 atom stereocenters. The summed E-state index contributed by atoms with van der Waals surface area (Å²) in [6.45, 7) is 2.22. The van der Waals surface area contributed by atoms with Crippen molar-refractivity contribution in [2.75, 3.05) is 26.7 Å². The third kappa shape index (κ3) is 4.59. The van der Waals surface area contributed by atoms with Gasteiger partial charge in [0.2, 0.25) is 0 Å². The lowest BCUT2D eigenvalue weighted by Gasteiger charge is -2.20. The van der Waals surface area contributed by atoms with Crippen LogP contribution in [0.25, 0.3) is 0 Å². The summed E-state index contributed by atoms with van der Waals surface area (Å²) in [6, 6.07) is 7.84. The predicted octanol–water partition coefficient (Wildman–Crippen LogP) is 2.53. The molecule has 3 nitrogen and oxygen atoms in total. The first-order chi connectivity index (χ1) is 8.65. The molecule has 1 N–H and O–H groups in total. The first-order valence-corrected chi connectivity index (χ1v) is 7.19. The summed E-state index contributed by atoms with van der Waals surface area (Å²) in [5.74, 6) is 1.42. The highest BCUT2D eigenvalue weighted by molar-refractivity contribution is 9.10. The topological polar surface area (TPSA) is 32.7 Å². The van der Waals surface area contributed by atoms with Crippen molar-refractivity contribution in [2.24, 2.45) is 5.92 Å². The van der Waals surface area contributed by atoms with E-state index < -0.39 is 0 Å². The molecule has 0 amide bonds. The predicted molar refractivity (Wildman–Crippen MR) is 75.9 cm³/mol. The monoisotopic (exact) mass is 313 g/mol. The normalized spacial score (nSPS) is 16.9. The molecule has 1 fully saturated rings. The Balaban J connectivity index is 1.65. The zero-order valence-electron chi connectivity index (χ0n) is 10.7. The molecule has 0 aliphatic heterocycles. The van der Waals surface area contributed by atoms with E-state index in [0.29, 0.717) is 12.5 Å². The summed E-state index contributed by atoms with van der Waals surface area (Å²) in [4.78, 5) is 2.13. The molecule has 18 heavy (non-hydrogen) atoms.